The predicted octanol–water partition coefficient (Wildman–Crippen LogP) is 6.96. The molecular weight excluding hydrogens is 616 g/mol. The number of ether oxygens (including phenoxy) is 2. The second-order valence-corrected chi connectivity index (χ2v) is 9.97. The van der Waals surface area contributed by atoms with Gasteiger partial charge in [-0.25, -0.2) is 9.59 Å². The van der Waals surface area contributed by atoms with E-state index in [1.165, 1.54) is 18.2 Å². The molecule has 190 valence electrons. The second-order valence-electron chi connectivity index (χ2n) is 8.14. The van der Waals surface area contributed by atoms with E-state index in [0.29, 0.717) is 22.3 Å². The van der Waals surface area contributed by atoms with Gasteiger partial charge < -0.3 is 9.47 Å². The number of esters is 2. The van der Waals surface area contributed by atoms with Crippen LogP contribution < -0.4 is 0 Å². The van der Waals surface area contributed by atoms with Crippen LogP contribution in [-0.2, 0) is 9.47 Å². The lowest BCUT2D eigenvalue weighted by atomic mass is 9.97. The summed E-state index contributed by atoms with van der Waals surface area (Å²) in [6, 6.07) is 26.8. The molecule has 0 heterocycles. The molecule has 0 unspecified atom stereocenters. The molecule has 8 heteroatoms. The van der Waals surface area contributed by atoms with Gasteiger partial charge >= 0.3 is 11.9 Å². The van der Waals surface area contributed by atoms with Gasteiger partial charge in [-0.1, -0.05) is 86.5 Å². The van der Waals surface area contributed by atoms with Gasteiger partial charge in [0.05, 0.1) is 11.1 Å². The Morgan fingerprint density at radius 1 is 0.553 bits per heavy atom. The zero-order valence-electron chi connectivity index (χ0n) is 19.9. The molecule has 0 spiro atoms. The average molecular weight is 636 g/mol. The molecule has 0 radical (unpaired) electrons. The topological polar surface area (TPSA) is 86.7 Å². The lowest BCUT2D eigenvalue weighted by molar-refractivity contribution is 0.0468. The third-order valence-electron chi connectivity index (χ3n) is 5.56. The van der Waals surface area contributed by atoms with Crippen molar-refractivity contribution in [1.82, 2.24) is 0 Å². The summed E-state index contributed by atoms with van der Waals surface area (Å²) in [6.07, 6.45) is 0. The van der Waals surface area contributed by atoms with Crippen molar-refractivity contribution in [3.8, 4) is 11.1 Å². The summed E-state index contributed by atoms with van der Waals surface area (Å²) in [5.41, 5.74) is 2.28. The number of ketones is 2. The SMILES string of the molecule is O=C(COC(=O)c1ccc(C(=O)OCC(=O)c2ccc(Br)cc2)c(-c2ccccc2)c1)c1ccc(Br)cc1. The van der Waals surface area contributed by atoms with Gasteiger partial charge in [-0.3, -0.25) is 9.59 Å². The van der Waals surface area contributed by atoms with Crippen LogP contribution in [0.1, 0.15) is 41.4 Å². The number of hydrogen-bond donors (Lipinski definition) is 0. The molecule has 0 aliphatic heterocycles. The highest BCUT2D eigenvalue weighted by molar-refractivity contribution is 9.10. The molecule has 0 aliphatic carbocycles. The van der Waals surface area contributed by atoms with Gasteiger partial charge in [-0.15, -0.1) is 0 Å². The molecule has 4 aromatic rings. The highest BCUT2D eigenvalue weighted by atomic mass is 79.9. The number of rotatable bonds is 9. The van der Waals surface area contributed by atoms with Crippen molar-refractivity contribution < 1.29 is 28.7 Å². The Bertz CT molecular complexity index is 1480. The Hall–Kier alpha value is -3.88. The maximum absolute atomic E-state index is 13.0. The zero-order valence-corrected chi connectivity index (χ0v) is 23.0. The summed E-state index contributed by atoms with van der Waals surface area (Å²) in [6.45, 7) is -0.861. The Kier molecular flexibility index (Phi) is 8.99. The predicted molar refractivity (Wildman–Crippen MR) is 149 cm³/mol. The summed E-state index contributed by atoms with van der Waals surface area (Å²) in [5.74, 6) is -2.11. The summed E-state index contributed by atoms with van der Waals surface area (Å²) >= 11 is 6.63. The van der Waals surface area contributed by atoms with Gasteiger partial charge in [0.1, 0.15) is 0 Å². The summed E-state index contributed by atoms with van der Waals surface area (Å²) < 4.78 is 12.2. The van der Waals surface area contributed by atoms with E-state index in [4.69, 9.17) is 9.47 Å². The summed E-state index contributed by atoms with van der Waals surface area (Å²) in [5, 5.41) is 0. The Balaban J connectivity index is 1.50. The monoisotopic (exact) mass is 634 g/mol. The molecule has 38 heavy (non-hydrogen) atoms. The quantitative estimate of drug-likeness (QED) is 0.146. The van der Waals surface area contributed by atoms with E-state index in [9.17, 15) is 19.2 Å². The van der Waals surface area contributed by atoms with E-state index in [1.807, 2.05) is 6.07 Å². The first-order valence-electron chi connectivity index (χ1n) is 11.4. The molecule has 0 saturated carbocycles. The van der Waals surface area contributed by atoms with Crippen molar-refractivity contribution in [2.24, 2.45) is 0 Å². The van der Waals surface area contributed by atoms with Crippen LogP contribution in [0.5, 0.6) is 0 Å². The van der Waals surface area contributed by atoms with Gasteiger partial charge in [-0.2, -0.15) is 0 Å². The first kappa shape index (κ1) is 27.2. The fourth-order valence-corrected chi connectivity index (χ4v) is 4.10. The molecule has 0 bridgehead atoms. The van der Waals surface area contributed by atoms with Crippen LogP contribution in [-0.4, -0.2) is 36.7 Å². The third kappa shape index (κ3) is 6.90. The van der Waals surface area contributed by atoms with Gasteiger partial charge in [0.15, 0.2) is 24.8 Å². The molecule has 0 aromatic heterocycles. The number of carbonyl (C=O) groups is 4. The molecule has 4 rings (SSSR count). The van der Waals surface area contributed by atoms with Crippen LogP contribution in [0.4, 0.5) is 0 Å². The van der Waals surface area contributed by atoms with E-state index < -0.39 is 25.2 Å². The Labute approximate surface area is 235 Å². The van der Waals surface area contributed by atoms with E-state index in [-0.39, 0.29) is 22.7 Å². The molecule has 4 aromatic carbocycles. The van der Waals surface area contributed by atoms with Gasteiger partial charge in [0.2, 0.25) is 0 Å². The molecule has 0 aliphatic rings. The van der Waals surface area contributed by atoms with Crippen molar-refractivity contribution >= 4 is 55.4 Å². The lowest BCUT2D eigenvalue weighted by Gasteiger charge is -2.12. The van der Waals surface area contributed by atoms with Crippen molar-refractivity contribution in [2.75, 3.05) is 13.2 Å². The smallest absolute Gasteiger partial charge is 0.339 e. The standard InChI is InChI=1S/C30H20Br2O6/c31-23-11-6-20(7-12-23)27(33)17-37-29(35)22-10-15-25(26(16-22)19-4-2-1-3-5-19)30(36)38-18-28(34)21-8-13-24(32)14-9-21/h1-16H,17-18H2. The van der Waals surface area contributed by atoms with Crippen molar-refractivity contribution in [1.29, 1.82) is 0 Å². The van der Waals surface area contributed by atoms with Crippen LogP contribution in [0.3, 0.4) is 0 Å². The second kappa shape index (κ2) is 12.6. The maximum Gasteiger partial charge on any atom is 0.339 e. The molecule has 0 atom stereocenters. The number of hydrogen-bond acceptors (Lipinski definition) is 6. The largest absolute Gasteiger partial charge is 0.454 e. The highest BCUT2D eigenvalue weighted by Gasteiger charge is 2.20. The molecule has 0 fully saturated rings. The van der Waals surface area contributed by atoms with Gasteiger partial charge in [-0.05, 0) is 53.6 Å². The normalized spacial score (nSPS) is 10.5. The maximum atomic E-state index is 13.0. The van der Waals surface area contributed by atoms with Crippen LogP contribution >= 0.6 is 31.9 Å². The molecule has 0 N–H and O–H groups in total. The van der Waals surface area contributed by atoms with Crippen LogP contribution in [0.2, 0.25) is 0 Å². The molecule has 0 saturated heterocycles. The summed E-state index contributed by atoms with van der Waals surface area (Å²) in [7, 11) is 0. The van der Waals surface area contributed by atoms with Gasteiger partial charge in [0.25, 0.3) is 0 Å². The lowest BCUT2D eigenvalue weighted by Crippen LogP contribution is -2.16. The number of carbonyl (C=O) groups excluding carboxylic acids is 4. The minimum atomic E-state index is -0.710. The van der Waals surface area contributed by atoms with E-state index >= 15 is 0 Å². The highest BCUT2D eigenvalue weighted by Crippen LogP contribution is 2.26. The van der Waals surface area contributed by atoms with E-state index in [1.54, 1.807) is 72.8 Å². The Morgan fingerprint density at radius 3 is 1.55 bits per heavy atom. The fourth-order valence-electron chi connectivity index (χ4n) is 3.57. The van der Waals surface area contributed by atoms with Crippen LogP contribution in [0.25, 0.3) is 11.1 Å². The van der Waals surface area contributed by atoms with Crippen molar-refractivity contribution in [3.63, 3.8) is 0 Å². The Morgan fingerprint density at radius 2 is 1.03 bits per heavy atom. The average Bonchev–Trinajstić information content (AvgIpc) is 2.95. The molecule has 6 nitrogen and oxygen atoms in total. The minimum absolute atomic E-state index is 0.162. The number of halogens is 2. The first-order chi connectivity index (χ1) is 18.3. The third-order valence-corrected chi connectivity index (χ3v) is 6.62. The van der Waals surface area contributed by atoms with Gasteiger partial charge in [0, 0.05) is 20.1 Å². The van der Waals surface area contributed by atoms with Crippen LogP contribution in [0, 0.1) is 0 Å². The van der Waals surface area contributed by atoms with E-state index in [0.717, 1.165) is 8.95 Å². The number of Topliss-reactive ketones (excluding diaryl/α,β-unsaturated/α-hetero) is 2. The zero-order chi connectivity index (χ0) is 27.1. The van der Waals surface area contributed by atoms with Crippen molar-refractivity contribution in [2.45, 2.75) is 0 Å². The van der Waals surface area contributed by atoms with Crippen molar-refractivity contribution in [3.05, 3.63) is 128 Å². The molecule has 0 amide bonds. The first-order valence-corrected chi connectivity index (χ1v) is 13.0. The number of benzene rings is 4. The molecular formula is C30H20Br2O6. The fraction of sp³-hybridized carbons (Fsp3) is 0.0667. The van der Waals surface area contributed by atoms with E-state index in [2.05, 4.69) is 31.9 Å². The van der Waals surface area contributed by atoms with Crippen LogP contribution in [0.15, 0.2) is 106 Å². The summed E-state index contributed by atoms with van der Waals surface area (Å²) in [4.78, 5) is 50.5. The minimum Gasteiger partial charge on any atom is -0.454 e.